The van der Waals surface area contributed by atoms with Crippen molar-refractivity contribution in [3.63, 3.8) is 0 Å². The van der Waals surface area contributed by atoms with Crippen molar-refractivity contribution in [2.75, 3.05) is 0 Å². The molecular weight excluding hydrogens is 619 g/mol. The maximum atomic E-state index is 8.88. The molecule has 2 heteroatoms. The average molecular weight is 654 g/mol. The Bertz CT molecular complexity index is 2450. The molecule has 0 saturated carbocycles. The molecule has 0 aliphatic carbocycles. The van der Waals surface area contributed by atoms with Gasteiger partial charge in [0.1, 0.15) is 0 Å². The van der Waals surface area contributed by atoms with Gasteiger partial charge in [0, 0.05) is 9.79 Å². The summed E-state index contributed by atoms with van der Waals surface area (Å²) in [7, 11) is 0. The third-order valence-corrected chi connectivity index (χ3v) is 10.9. The Kier molecular flexibility index (Phi) is 7.71. The monoisotopic (exact) mass is 653 g/mol. The fourth-order valence-corrected chi connectivity index (χ4v) is 8.39. The van der Waals surface area contributed by atoms with E-state index in [-0.39, 0.29) is 6.71 Å². The van der Waals surface area contributed by atoms with Crippen molar-refractivity contribution in [2.24, 2.45) is 0 Å². The van der Waals surface area contributed by atoms with Crippen LogP contribution in [-0.2, 0) is 0 Å². The molecule has 1 heterocycles. The van der Waals surface area contributed by atoms with Crippen LogP contribution in [0.1, 0.15) is 1.37 Å². The number of hydrogen-bond acceptors (Lipinski definition) is 1. The highest BCUT2D eigenvalue weighted by molar-refractivity contribution is 8.00. The summed E-state index contributed by atoms with van der Waals surface area (Å²) in [4.78, 5) is 2.62. The lowest BCUT2D eigenvalue weighted by atomic mass is 9.36. The Morgan fingerprint density at radius 3 is 1.40 bits per heavy atom. The minimum atomic E-state index is 0.208. The second kappa shape index (κ2) is 13.2. The summed E-state index contributed by atoms with van der Waals surface area (Å²) in [5, 5.41) is 0. The highest BCUT2D eigenvalue weighted by Gasteiger charge is 2.31. The molecule has 0 spiro atoms. The predicted octanol–water partition coefficient (Wildman–Crippen LogP) is 11.0. The van der Waals surface area contributed by atoms with Crippen molar-refractivity contribution in [3.8, 4) is 55.6 Å². The van der Waals surface area contributed by atoms with E-state index >= 15 is 0 Å². The van der Waals surface area contributed by atoms with Crippen LogP contribution in [0.2, 0.25) is 0 Å². The van der Waals surface area contributed by atoms with E-state index in [0.29, 0.717) is 6.04 Å². The molecule has 0 atom stereocenters. The minimum absolute atomic E-state index is 0.208. The molecule has 0 unspecified atom stereocenters. The molecule has 9 rings (SSSR count). The molecule has 0 amide bonds. The first-order chi connectivity index (χ1) is 25.2. The zero-order valence-corrected chi connectivity index (χ0v) is 28.3. The number of fused-ring (bicyclic) bond motifs is 2. The molecule has 0 nitrogen and oxygen atoms in total. The molecule has 234 valence electrons. The van der Waals surface area contributed by atoms with Crippen LogP contribution in [-0.4, -0.2) is 6.71 Å². The maximum absolute atomic E-state index is 8.88. The van der Waals surface area contributed by atoms with Crippen molar-refractivity contribution in [2.45, 2.75) is 9.79 Å². The van der Waals surface area contributed by atoms with E-state index in [9.17, 15) is 0 Å². The lowest BCUT2D eigenvalue weighted by Gasteiger charge is -2.26. The average Bonchev–Trinajstić information content (AvgIpc) is 3.20. The first-order valence-corrected chi connectivity index (χ1v) is 17.9. The van der Waals surface area contributed by atoms with Gasteiger partial charge in [-0.05, 0) is 98.1 Å². The molecule has 0 saturated heterocycles. The van der Waals surface area contributed by atoms with Crippen LogP contribution in [0.4, 0.5) is 0 Å². The van der Waals surface area contributed by atoms with Gasteiger partial charge in [0.05, 0.1) is 1.37 Å². The Morgan fingerprint density at radius 1 is 0.320 bits per heavy atom. The summed E-state index contributed by atoms with van der Waals surface area (Å²) in [5.74, 6) is 0. The van der Waals surface area contributed by atoms with Crippen LogP contribution >= 0.6 is 11.8 Å². The van der Waals surface area contributed by atoms with E-state index in [4.69, 9.17) is 1.37 Å². The standard InChI is InChI=1S/C48H33BS/c1-4-14-34(15-5-1)41-30-42(35-16-6-2-7-17-35)32-43(31-41)39-21-13-19-37(29-39)36-18-12-20-38(28-36)40-26-27-46-48(33-40)50-47-25-11-10-24-45(47)49(46)44-22-8-3-9-23-44/h1-33H/i13D. The summed E-state index contributed by atoms with van der Waals surface area (Å²) >= 11 is 1.87. The van der Waals surface area contributed by atoms with Crippen LogP contribution in [0.3, 0.4) is 0 Å². The Labute approximate surface area is 300 Å². The van der Waals surface area contributed by atoms with Gasteiger partial charge in [-0.3, -0.25) is 0 Å². The summed E-state index contributed by atoms with van der Waals surface area (Å²) in [6.07, 6.45) is 0. The van der Waals surface area contributed by atoms with E-state index < -0.39 is 0 Å². The summed E-state index contributed by atoms with van der Waals surface area (Å²) in [5.41, 5.74) is 15.3. The van der Waals surface area contributed by atoms with Gasteiger partial charge in [-0.1, -0.05) is 186 Å². The molecule has 0 fully saturated rings. The predicted molar refractivity (Wildman–Crippen MR) is 215 cm³/mol. The van der Waals surface area contributed by atoms with Gasteiger partial charge in [-0.25, -0.2) is 0 Å². The van der Waals surface area contributed by atoms with E-state index in [0.717, 1.165) is 33.4 Å². The van der Waals surface area contributed by atoms with E-state index in [1.807, 2.05) is 23.9 Å². The molecule has 0 radical (unpaired) electrons. The fourth-order valence-electron chi connectivity index (χ4n) is 7.22. The summed E-state index contributed by atoms with van der Waals surface area (Å²) < 4.78 is 8.88. The van der Waals surface area contributed by atoms with Gasteiger partial charge < -0.3 is 0 Å². The topological polar surface area (TPSA) is 0 Å². The van der Waals surface area contributed by atoms with Crippen LogP contribution in [0.25, 0.3) is 55.6 Å². The number of hydrogen-bond donors (Lipinski definition) is 0. The van der Waals surface area contributed by atoms with Gasteiger partial charge in [-0.2, -0.15) is 0 Å². The van der Waals surface area contributed by atoms with Crippen molar-refractivity contribution in [1.82, 2.24) is 0 Å². The molecule has 0 bridgehead atoms. The van der Waals surface area contributed by atoms with Crippen LogP contribution in [0.15, 0.2) is 210 Å². The van der Waals surface area contributed by atoms with E-state index in [1.165, 1.54) is 48.4 Å². The van der Waals surface area contributed by atoms with Crippen molar-refractivity contribution >= 4 is 34.9 Å². The first kappa shape index (κ1) is 29.1. The highest BCUT2D eigenvalue weighted by Crippen LogP contribution is 2.36. The molecule has 0 N–H and O–H groups in total. The summed E-state index contributed by atoms with van der Waals surface area (Å²) in [6.45, 7) is 0.208. The van der Waals surface area contributed by atoms with E-state index in [2.05, 4.69) is 182 Å². The molecule has 50 heavy (non-hydrogen) atoms. The van der Waals surface area contributed by atoms with Crippen molar-refractivity contribution in [3.05, 3.63) is 200 Å². The zero-order chi connectivity index (χ0) is 34.1. The quantitative estimate of drug-likeness (QED) is 0.161. The molecular formula is C48H33BS. The van der Waals surface area contributed by atoms with Crippen LogP contribution < -0.4 is 16.4 Å². The number of rotatable bonds is 6. The normalized spacial score (nSPS) is 12.2. The Hall–Kier alpha value is -5.83. The van der Waals surface area contributed by atoms with Gasteiger partial charge in [-0.15, -0.1) is 0 Å². The molecule has 1 aliphatic heterocycles. The number of benzene rings is 8. The molecule has 8 aromatic carbocycles. The highest BCUT2D eigenvalue weighted by atomic mass is 32.2. The third kappa shape index (κ3) is 5.89. The van der Waals surface area contributed by atoms with Gasteiger partial charge in [0.25, 0.3) is 0 Å². The fraction of sp³-hybridized carbons (Fsp3) is 0. The van der Waals surface area contributed by atoms with Gasteiger partial charge in [0.15, 0.2) is 0 Å². The van der Waals surface area contributed by atoms with Crippen molar-refractivity contribution in [1.29, 1.82) is 0 Å². The first-order valence-electron chi connectivity index (χ1n) is 17.6. The molecule has 0 aromatic heterocycles. The smallest absolute Gasteiger partial charge is 0.0911 e. The minimum Gasteiger partial charge on any atom is -0.0911 e. The van der Waals surface area contributed by atoms with Crippen LogP contribution in [0, 0.1) is 0 Å². The largest absolute Gasteiger partial charge is 0.244 e. The van der Waals surface area contributed by atoms with Crippen molar-refractivity contribution < 1.29 is 1.37 Å². The van der Waals surface area contributed by atoms with E-state index in [1.54, 1.807) is 0 Å². The van der Waals surface area contributed by atoms with Crippen LogP contribution in [0.5, 0.6) is 0 Å². The molecule has 1 aliphatic rings. The third-order valence-electron chi connectivity index (χ3n) is 9.71. The zero-order valence-electron chi connectivity index (χ0n) is 28.5. The summed E-state index contributed by atoms with van der Waals surface area (Å²) in [6, 6.07) is 69.9. The van der Waals surface area contributed by atoms with Gasteiger partial charge >= 0.3 is 0 Å². The second-order valence-corrected chi connectivity index (χ2v) is 13.9. The lowest BCUT2D eigenvalue weighted by Crippen LogP contribution is -2.55. The second-order valence-electron chi connectivity index (χ2n) is 12.9. The molecule has 8 aromatic rings. The maximum Gasteiger partial charge on any atom is 0.244 e. The van der Waals surface area contributed by atoms with Gasteiger partial charge in [0.2, 0.25) is 6.71 Å². The SMILES string of the molecule is [2H]c1cc(-c2cccc(-c3ccc4c(c3)Sc3ccccc3B4c3ccccc3)c2)cc(-c2cc(-c3ccccc3)cc(-c3ccccc3)c2)c1. The Balaban J connectivity index is 1.10. The Morgan fingerprint density at radius 2 is 0.760 bits per heavy atom. The lowest BCUT2D eigenvalue weighted by molar-refractivity contribution is 1.43.